The molecular weight excluding hydrogens is 394 g/mol. The first kappa shape index (κ1) is 18.8. The van der Waals surface area contributed by atoms with Crippen molar-refractivity contribution in [2.45, 2.75) is 76.3 Å². The van der Waals surface area contributed by atoms with Crippen LogP contribution in [0.3, 0.4) is 0 Å². The fraction of sp³-hybridized carbons (Fsp3) is 0.667. The number of tetrazole rings is 1. The molecule has 4 aliphatic rings. The zero-order valence-electron chi connectivity index (χ0n) is 18.0. The van der Waals surface area contributed by atoms with Gasteiger partial charge < -0.3 is 5.32 Å². The van der Waals surface area contributed by atoms with Gasteiger partial charge in [0, 0.05) is 23.3 Å². The highest BCUT2D eigenvalue weighted by Crippen LogP contribution is 2.60. The SMILES string of the molecule is Cc1nc2ncnn2c(C)c1CCC(=O)NC12CC3CC(C1)CC(n1ncnn1)(C3)C2. The van der Waals surface area contributed by atoms with Crippen LogP contribution in [0, 0.1) is 25.7 Å². The summed E-state index contributed by atoms with van der Waals surface area (Å²) < 4.78 is 1.74. The Hall–Kier alpha value is -2.91. The van der Waals surface area contributed by atoms with E-state index in [1.807, 2.05) is 18.6 Å². The second kappa shape index (κ2) is 6.54. The summed E-state index contributed by atoms with van der Waals surface area (Å²) in [6, 6.07) is 0. The molecule has 2 unspecified atom stereocenters. The molecule has 162 valence electrons. The van der Waals surface area contributed by atoms with Crippen LogP contribution < -0.4 is 5.32 Å². The molecule has 2 atom stereocenters. The molecule has 10 heteroatoms. The molecule has 0 spiro atoms. The van der Waals surface area contributed by atoms with Crippen molar-refractivity contribution >= 4 is 11.7 Å². The van der Waals surface area contributed by atoms with Gasteiger partial charge in [-0.15, -0.1) is 10.2 Å². The van der Waals surface area contributed by atoms with Crippen LogP contribution in [0.1, 0.15) is 61.9 Å². The van der Waals surface area contributed by atoms with Crippen molar-refractivity contribution in [2.75, 3.05) is 0 Å². The van der Waals surface area contributed by atoms with E-state index < -0.39 is 0 Å². The van der Waals surface area contributed by atoms with E-state index in [0.29, 0.717) is 30.5 Å². The predicted octanol–water partition coefficient (Wildman–Crippen LogP) is 1.52. The van der Waals surface area contributed by atoms with Crippen LogP contribution in [0.4, 0.5) is 0 Å². The fourth-order valence-electron chi connectivity index (χ4n) is 7.09. The van der Waals surface area contributed by atoms with E-state index in [4.69, 9.17) is 0 Å². The Kier molecular flexibility index (Phi) is 3.97. The summed E-state index contributed by atoms with van der Waals surface area (Å²) in [4.78, 5) is 23.6. The number of rotatable bonds is 5. The molecule has 0 saturated heterocycles. The van der Waals surface area contributed by atoms with Crippen LogP contribution >= 0.6 is 0 Å². The van der Waals surface area contributed by atoms with Crippen molar-refractivity contribution in [3.63, 3.8) is 0 Å². The van der Waals surface area contributed by atoms with Crippen LogP contribution in [0.25, 0.3) is 5.78 Å². The summed E-state index contributed by atoms with van der Waals surface area (Å²) in [5, 5.41) is 20.3. The minimum atomic E-state index is -0.146. The molecular formula is C21H27N9O. The molecule has 4 saturated carbocycles. The summed E-state index contributed by atoms with van der Waals surface area (Å²) in [5.74, 6) is 1.96. The molecule has 1 N–H and O–H groups in total. The number of aryl methyl sites for hydroxylation is 2. The Morgan fingerprint density at radius 2 is 1.97 bits per heavy atom. The van der Waals surface area contributed by atoms with Crippen molar-refractivity contribution in [1.82, 2.24) is 45.1 Å². The summed E-state index contributed by atoms with van der Waals surface area (Å²) in [7, 11) is 0. The number of hydrogen-bond acceptors (Lipinski definition) is 7. The average Bonchev–Trinajstić information content (AvgIpc) is 3.38. The fourth-order valence-corrected chi connectivity index (χ4v) is 7.09. The third kappa shape index (κ3) is 2.95. The second-order valence-corrected chi connectivity index (χ2v) is 9.97. The van der Waals surface area contributed by atoms with Crippen molar-refractivity contribution in [3.05, 3.63) is 29.6 Å². The zero-order valence-corrected chi connectivity index (χ0v) is 18.0. The number of carbonyl (C=O) groups is 1. The Balaban J connectivity index is 1.20. The van der Waals surface area contributed by atoms with Crippen molar-refractivity contribution < 1.29 is 4.79 Å². The smallest absolute Gasteiger partial charge is 0.252 e. The summed E-state index contributed by atoms with van der Waals surface area (Å²) >= 11 is 0. The van der Waals surface area contributed by atoms with E-state index >= 15 is 0 Å². The van der Waals surface area contributed by atoms with E-state index in [9.17, 15) is 4.79 Å². The van der Waals surface area contributed by atoms with Gasteiger partial charge in [0.15, 0.2) is 6.33 Å². The second-order valence-electron chi connectivity index (χ2n) is 9.97. The Bertz CT molecular complexity index is 1140. The van der Waals surface area contributed by atoms with Crippen LogP contribution in [0.2, 0.25) is 0 Å². The maximum absolute atomic E-state index is 13.1. The molecule has 7 rings (SSSR count). The van der Waals surface area contributed by atoms with Gasteiger partial charge in [0.1, 0.15) is 6.33 Å². The number of carbonyl (C=O) groups excluding carboxylic acids is 1. The van der Waals surface area contributed by atoms with E-state index in [1.165, 1.54) is 19.1 Å². The first-order valence-corrected chi connectivity index (χ1v) is 11.2. The van der Waals surface area contributed by atoms with Gasteiger partial charge in [0.25, 0.3) is 5.78 Å². The standard InChI is InChI=1S/C21H27N9O/c1-13-17(14(2)29-19(26-13)22-11-24-29)3-4-18(31)27-20-6-15-5-16(7-20)9-21(8-15,10-20)30-25-12-23-28-30/h11-12,15-16H,3-10H2,1-2H3,(H,27,31). The van der Waals surface area contributed by atoms with Gasteiger partial charge in [-0.3, -0.25) is 4.79 Å². The maximum atomic E-state index is 13.1. The first-order valence-electron chi connectivity index (χ1n) is 11.2. The highest BCUT2D eigenvalue weighted by Gasteiger charge is 2.60. The van der Waals surface area contributed by atoms with Gasteiger partial charge in [0.05, 0.1) is 5.54 Å². The van der Waals surface area contributed by atoms with E-state index in [-0.39, 0.29) is 17.0 Å². The molecule has 3 aromatic heterocycles. The lowest BCUT2D eigenvalue weighted by Crippen LogP contribution is -2.66. The third-order valence-corrected chi connectivity index (χ3v) is 7.80. The Labute approximate surface area is 179 Å². The lowest BCUT2D eigenvalue weighted by atomic mass is 9.50. The summed E-state index contributed by atoms with van der Waals surface area (Å²) in [5.41, 5.74) is 2.74. The number of fused-ring (bicyclic) bond motifs is 1. The van der Waals surface area contributed by atoms with E-state index in [2.05, 4.69) is 35.8 Å². The molecule has 10 nitrogen and oxygen atoms in total. The third-order valence-electron chi connectivity index (χ3n) is 7.80. The number of aromatic nitrogens is 8. The minimum Gasteiger partial charge on any atom is -0.351 e. The maximum Gasteiger partial charge on any atom is 0.252 e. The average molecular weight is 422 g/mol. The largest absolute Gasteiger partial charge is 0.351 e. The molecule has 31 heavy (non-hydrogen) atoms. The molecule has 4 fully saturated rings. The van der Waals surface area contributed by atoms with Gasteiger partial charge in [-0.2, -0.15) is 14.9 Å². The summed E-state index contributed by atoms with van der Waals surface area (Å²) in [6.07, 6.45) is 10.6. The van der Waals surface area contributed by atoms with Gasteiger partial charge in [0.2, 0.25) is 5.91 Å². The van der Waals surface area contributed by atoms with Crippen molar-refractivity contribution in [2.24, 2.45) is 11.8 Å². The molecule has 3 heterocycles. The van der Waals surface area contributed by atoms with E-state index in [1.54, 1.807) is 4.52 Å². The number of hydrogen-bond donors (Lipinski definition) is 1. The van der Waals surface area contributed by atoms with Crippen molar-refractivity contribution in [3.8, 4) is 0 Å². The van der Waals surface area contributed by atoms with Crippen LogP contribution in [-0.2, 0) is 16.8 Å². The number of nitrogens with one attached hydrogen (secondary N) is 1. The topological polar surface area (TPSA) is 116 Å². The van der Waals surface area contributed by atoms with Gasteiger partial charge in [-0.05, 0) is 81.4 Å². The lowest BCUT2D eigenvalue weighted by Gasteiger charge is -2.61. The molecule has 3 aromatic rings. The molecule has 0 radical (unpaired) electrons. The van der Waals surface area contributed by atoms with Crippen LogP contribution in [-0.4, -0.2) is 51.2 Å². The predicted molar refractivity (Wildman–Crippen MR) is 110 cm³/mol. The molecule has 0 aliphatic heterocycles. The molecule has 0 aromatic carbocycles. The Morgan fingerprint density at radius 1 is 1.16 bits per heavy atom. The lowest BCUT2D eigenvalue weighted by molar-refractivity contribution is -0.131. The number of amides is 1. The van der Waals surface area contributed by atoms with Gasteiger partial charge >= 0.3 is 0 Å². The quantitative estimate of drug-likeness (QED) is 0.664. The zero-order chi connectivity index (χ0) is 21.2. The minimum absolute atomic E-state index is 0.0942. The van der Waals surface area contributed by atoms with Crippen LogP contribution in [0.15, 0.2) is 12.7 Å². The van der Waals surface area contributed by atoms with Crippen molar-refractivity contribution in [1.29, 1.82) is 0 Å². The first-order chi connectivity index (χ1) is 15.0. The normalized spacial score (nSPS) is 31.4. The molecule has 4 aliphatic carbocycles. The molecule has 4 bridgehead atoms. The van der Waals surface area contributed by atoms with Gasteiger partial charge in [-0.25, -0.2) is 9.50 Å². The Morgan fingerprint density at radius 3 is 2.71 bits per heavy atom. The monoisotopic (exact) mass is 421 g/mol. The molecule has 1 amide bonds. The highest BCUT2D eigenvalue weighted by molar-refractivity contribution is 5.77. The van der Waals surface area contributed by atoms with Crippen LogP contribution in [0.5, 0.6) is 0 Å². The highest BCUT2D eigenvalue weighted by atomic mass is 16.1. The van der Waals surface area contributed by atoms with Gasteiger partial charge in [-0.1, -0.05) is 0 Å². The summed E-state index contributed by atoms with van der Waals surface area (Å²) in [6.45, 7) is 3.99. The number of nitrogens with zero attached hydrogens (tertiary/aromatic N) is 8. The van der Waals surface area contributed by atoms with E-state index in [0.717, 1.165) is 49.1 Å².